The second-order valence-corrected chi connectivity index (χ2v) is 8.27. The summed E-state index contributed by atoms with van der Waals surface area (Å²) in [4.78, 5) is 28.0. The number of carbonyl (C=O) groups excluding carboxylic acids is 2. The van der Waals surface area contributed by atoms with Crippen molar-refractivity contribution in [3.63, 3.8) is 0 Å². The Kier molecular flexibility index (Phi) is 7.67. The maximum atomic E-state index is 13.0. The summed E-state index contributed by atoms with van der Waals surface area (Å²) < 4.78 is 10.7. The summed E-state index contributed by atoms with van der Waals surface area (Å²) in [5.41, 5.74) is 2.08. The van der Waals surface area contributed by atoms with Crippen LogP contribution in [0.5, 0.6) is 0 Å². The number of amides is 1. The standard InChI is InChI=1S/C23H34N2O4/c1-3-29-22(27)20(16-19-8-6-18(2)7-9-19)24-21(26)17-23(10-4-5-11-23)25-12-14-28-15-13-25/h6-9,20H,3-5,10-17H2,1-2H3,(H,24,26)/t20-/m1/s1. The number of morpholine rings is 1. The molecule has 0 unspecified atom stereocenters. The molecule has 160 valence electrons. The topological polar surface area (TPSA) is 67.9 Å². The van der Waals surface area contributed by atoms with E-state index in [9.17, 15) is 9.59 Å². The van der Waals surface area contributed by atoms with Gasteiger partial charge in [-0.25, -0.2) is 4.79 Å². The summed E-state index contributed by atoms with van der Waals surface area (Å²) in [7, 11) is 0. The number of rotatable bonds is 8. The summed E-state index contributed by atoms with van der Waals surface area (Å²) in [6, 6.07) is 7.38. The van der Waals surface area contributed by atoms with Crippen molar-refractivity contribution in [2.24, 2.45) is 0 Å². The van der Waals surface area contributed by atoms with Crippen LogP contribution in [-0.2, 0) is 25.5 Å². The van der Waals surface area contributed by atoms with Crippen LogP contribution in [0.4, 0.5) is 0 Å². The SMILES string of the molecule is CCOC(=O)[C@@H](Cc1ccc(C)cc1)NC(=O)CC1(N2CCOCC2)CCCC1. The van der Waals surface area contributed by atoms with Crippen LogP contribution < -0.4 is 5.32 Å². The monoisotopic (exact) mass is 402 g/mol. The normalized spacial score (nSPS) is 20.2. The number of aryl methyl sites for hydroxylation is 1. The quantitative estimate of drug-likeness (QED) is 0.677. The fourth-order valence-electron chi connectivity index (χ4n) is 4.62. The van der Waals surface area contributed by atoms with Crippen LogP contribution in [-0.4, -0.2) is 61.3 Å². The Morgan fingerprint density at radius 1 is 1.17 bits per heavy atom. The molecule has 1 heterocycles. The number of carbonyl (C=O) groups is 2. The molecular weight excluding hydrogens is 368 g/mol. The van der Waals surface area contributed by atoms with E-state index in [1.807, 2.05) is 31.2 Å². The summed E-state index contributed by atoms with van der Waals surface area (Å²) in [5, 5.41) is 2.98. The third-order valence-corrected chi connectivity index (χ3v) is 6.17. The smallest absolute Gasteiger partial charge is 0.328 e. The fourth-order valence-corrected chi connectivity index (χ4v) is 4.62. The lowest BCUT2D eigenvalue weighted by atomic mass is 9.89. The molecule has 1 aliphatic carbocycles. The molecule has 6 heteroatoms. The van der Waals surface area contributed by atoms with Crippen LogP contribution in [0.25, 0.3) is 0 Å². The molecule has 3 rings (SSSR count). The van der Waals surface area contributed by atoms with Gasteiger partial charge >= 0.3 is 5.97 Å². The molecule has 0 radical (unpaired) electrons. The first-order chi connectivity index (χ1) is 14.0. The Balaban J connectivity index is 1.67. The largest absolute Gasteiger partial charge is 0.464 e. The molecule has 29 heavy (non-hydrogen) atoms. The molecule has 1 aromatic rings. The summed E-state index contributed by atoms with van der Waals surface area (Å²) in [5.74, 6) is -0.433. The zero-order chi connectivity index (χ0) is 20.7. The van der Waals surface area contributed by atoms with Gasteiger partial charge in [-0.1, -0.05) is 42.7 Å². The summed E-state index contributed by atoms with van der Waals surface area (Å²) in [6.45, 7) is 7.31. The van der Waals surface area contributed by atoms with Gasteiger partial charge in [-0.2, -0.15) is 0 Å². The predicted octanol–water partition coefficient (Wildman–Crippen LogP) is 2.62. The van der Waals surface area contributed by atoms with Crippen molar-refractivity contribution in [2.75, 3.05) is 32.9 Å². The average Bonchev–Trinajstić information content (AvgIpc) is 3.19. The van der Waals surface area contributed by atoms with E-state index >= 15 is 0 Å². The van der Waals surface area contributed by atoms with E-state index in [4.69, 9.17) is 9.47 Å². The Bertz CT molecular complexity index is 677. The molecule has 0 aromatic heterocycles. The molecule has 1 aromatic carbocycles. The zero-order valence-corrected chi connectivity index (χ0v) is 17.7. The fraction of sp³-hybridized carbons (Fsp3) is 0.652. The molecule has 1 saturated carbocycles. The number of ether oxygens (including phenoxy) is 2. The van der Waals surface area contributed by atoms with Gasteiger partial charge in [0.1, 0.15) is 6.04 Å². The summed E-state index contributed by atoms with van der Waals surface area (Å²) >= 11 is 0. The van der Waals surface area contributed by atoms with Crippen molar-refractivity contribution in [1.29, 1.82) is 0 Å². The molecule has 0 spiro atoms. The molecule has 2 fully saturated rings. The number of benzene rings is 1. The molecular formula is C23H34N2O4. The molecule has 1 atom stereocenters. The van der Waals surface area contributed by atoms with Gasteiger partial charge in [-0.15, -0.1) is 0 Å². The van der Waals surface area contributed by atoms with Crippen LogP contribution in [0.1, 0.15) is 50.2 Å². The Labute approximate surface area is 173 Å². The minimum Gasteiger partial charge on any atom is -0.464 e. The van der Waals surface area contributed by atoms with Gasteiger partial charge < -0.3 is 14.8 Å². The molecule has 1 saturated heterocycles. The average molecular weight is 403 g/mol. The predicted molar refractivity (Wildman–Crippen MR) is 112 cm³/mol. The van der Waals surface area contributed by atoms with Gasteiger partial charge in [-0.3, -0.25) is 9.69 Å². The molecule has 6 nitrogen and oxygen atoms in total. The van der Waals surface area contributed by atoms with Crippen LogP contribution in [0.3, 0.4) is 0 Å². The van der Waals surface area contributed by atoms with Crippen molar-refractivity contribution >= 4 is 11.9 Å². The minimum atomic E-state index is -0.659. The van der Waals surface area contributed by atoms with Crippen molar-refractivity contribution in [3.8, 4) is 0 Å². The van der Waals surface area contributed by atoms with Crippen molar-refractivity contribution in [3.05, 3.63) is 35.4 Å². The van der Waals surface area contributed by atoms with Gasteiger partial charge in [0.25, 0.3) is 0 Å². The first-order valence-corrected chi connectivity index (χ1v) is 10.9. The zero-order valence-electron chi connectivity index (χ0n) is 17.7. The highest BCUT2D eigenvalue weighted by Gasteiger charge is 2.42. The van der Waals surface area contributed by atoms with Gasteiger partial charge in [0.2, 0.25) is 5.91 Å². The van der Waals surface area contributed by atoms with Crippen molar-refractivity contribution < 1.29 is 19.1 Å². The van der Waals surface area contributed by atoms with Gasteiger partial charge in [-0.05, 0) is 32.3 Å². The third kappa shape index (κ3) is 5.80. The lowest BCUT2D eigenvalue weighted by Gasteiger charge is -2.43. The lowest BCUT2D eigenvalue weighted by molar-refractivity contribution is -0.147. The van der Waals surface area contributed by atoms with Crippen LogP contribution >= 0.6 is 0 Å². The highest BCUT2D eigenvalue weighted by atomic mass is 16.5. The van der Waals surface area contributed by atoms with E-state index in [1.54, 1.807) is 6.92 Å². The van der Waals surface area contributed by atoms with E-state index in [2.05, 4.69) is 10.2 Å². The number of hydrogen-bond donors (Lipinski definition) is 1. The molecule has 1 aliphatic heterocycles. The number of hydrogen-bond acceptors (Lipinski definition) is 5. The third-order valence-electron chi connectivity index (χ3n) is 6.17. The van der Waals surface area contributed by atoms with Crippen LogP contribution in [0.15, 0.2) is 24.3 Å². The Morgan fingerprint density at radius 2 is 1.83 bits per heavy atom. The number of nitrogens with one attached hydrogen (secondary N) is 1. The maximum Gasteiger partial charge on any atom is 0.328 e. The lowest BCUT2D eigenvalue weighted by Crippen LogP contribution is -2.55. The second-order valence-electron chi connectivity index (χ2n) is 8.27. The van der Waals surface area contributed by atoms with E-state index in [-0.39, 0.29) is 17.4 Å². The van der Waals surface area contributed by atoms with Gasteiger partial charge in [0.05, 0.1) is 19.8 Å². The van der Waals surface area contributed by atoms with Crippen LogP contribution in [0, 0.1) is 6.92 Å². The summed E-state index contributed by atoms with van der Waals surface area (Å²) in [6.07, 6.45) is 5.22. The molecule has 1 N–H and O–H groups in total. The highest BCUT2D eigenvalue weighted by Crippen LogP contribution is 2.38. The first-order valence-electron chi connectivity index (χ1n) is 10.9. The van der Waals surface area contributed by atoms with Crippen molar-refractivity contribution in [1.82, 2.24) is 10.2 Å². The first kappa shape index (κ1) is 21.8. The maximum absolute atomic E-state index is 13.0. The van der Waals surface area contributed by atoms with Gasteiger partial charge in [0, 0.05) is 31.5 Å². The Morgan fingerprint density at radius 3 is 2.45 bits per heavy atom. The van der Waals surface area contributed by atoms with E-state index < -0.39 is 6.04 Å². The van der Waals surface area contributed by atoms with E-state index in [0.29, 0.717) is 19.4 Å². The minimum absolute atomic E-state index is 0.0662. The second kappa shape index (κ2) is 10.2. The number of esters is 1. The molecule has 1 amide bonds. The Hall–Kier alpha value is -1.92. The molecule has 2 aliphatic rings. The van der Waals surface area contributed by atoms with E-state index in [1.165, 1.54) is 5.56 Å². The van der Waals surface area contributed by atoms with Crippen LogP contribution in [0.2, 0.25) is 0 Å². The van der Waals surface area contributed by atoms with E-state index in [0.717, 1.165) is 57.6 Å². The van der Waals surface area contributed by atoms with Crippen molar-refractivity contribution in [2.45, 2.75) is 64.0 Å². The highest BCUT2D eigenvalue weighted by molar-refractivity contribution is 5.85. The number of nitrogens with zero attached hydrogens (tertiary/aromatic N) is 1. The molecule has 0 bridgehead atoms. The van der Waals surface area contributed by atoms with Gasteiger partial charge in [0.15, 0.2) is 0 Å².